The summed E-state index contributed by atoms with van der Waals surface area (Å²) in [5, 5.41) is 0. The fraction of sp³-hybridized carbons (Fsp3) is 0.750. The molecule has 0 fully saturated rings. The molecular weight excluding hydrogens is 96.1 g/mol. The van der Waals surface area contributed by atoms with Crippen LogP contribution in [0.25, 0.3) is 0 Å². The van der Waals surface area contributed by atoms with Gasteiger partial charge in [0.15, 0.2) is 0 Å². The fourth-order valence-electron chi connectivity index (χ4n) is 0. The molecule has 0 spiro atoms. The van der Waals surface area contributed by atoms with Gasteiger partial charge in [0, 0.05) is 4.11 Å². The third-order valence-electron chi connectivity index (χ3n) is 0. The number of hydrogen-bond acceptors (Lipinski definition) is 0. The second kappa shape index (κ2) is 1050. The largest absolute Gasteiger partial charge is 0.124 e. The standard InChI is InChI=1S/C2H6.C2H2.4CH4/c2*1-2;;;;/h1-2H3;1-2H;4*1H4/i2*1T;1T2;;;. The summed E-state index contributed by atoms with van der Waals surface area (Å²) in [5.74, 6) is 0. The minimum Gasteiger partial charge on any atom is -0.124 e. The molecule has 0 bridgehead atoms. The molecule has 0 aliphatic carbocycles. The van der Waals surface area contributed by atoms with Gasteiger partial charge in [0.25, 0.3) is 0 Å². The molecule has 0 rings (SSSR count). The molecule has 0 aromatic heterocycles. The van der Waals surface area contributed by atoms with Gasteiger partial charge >= 0.3 is 0 Å². The minimum atomic E-state index is -0.250. The minimum absolute atomic E-state index is 0. The van der Waals surface area contributed by atoms with Crippen molar-refractivity contribution in [2.24, 2.45) is 0 Å². The Labute approximate surface area is 62.9 Å². The molecule has 0 aliphatic rings. The highest BCUT2D eigenvalue weighted by Crippen LogP contribution is 1.14. The Morgan fingerprint density at radius 3 is 1.50 bits per heavy atom. The predicted octanol–water partition coefficient (Wildman–Crippen LogP) is 3.82. The second-order valence-corrected chi connectivity index (χ2v) is 0. The first kappa shape index (κ1) is 10.5. The highest BCUT2D eigenvalue weighted by Gasteiger charge is 0.932. The van der Waals surface area contributed by atoms with Crippen molar-refractivity contribution >= 4 is 0 Å². The maximum Gasteiger partial charge on any atom is 0.124 e. The zero-order chi connectivity index (χ0) is 8.12. The lowest BCUT2D eigenvalue weighted by molar-refractivity contribution is 1.50. The van der Waals surface area contributed by atoms with E-state index in [1.54, 1.807) is 6.92 Å². The molecule has 0 saturated carbocycles. The van der Waals surface area contributed by atoms with E-state index >= 15 is 0 Å². The Balaban J connectivity index is -0.00000001000. The van der Waals surface area contributed by atoms with Gasteiger partial charge in [-0.05, 0) is 0 Å². The maximum atomic E-state index is 6.21. The topological polar surface area (TPSA) is 0 Å². The Hall–Kier alpha value is -0.440. The van der Waals surface area contributed by atoms with Crippen LogP contribution in [-0.2, 0) is 0 Å². The normalized spacial score (nSPS) is 6.00. The molecule has 0 saturated heterocycles. The van der Waals surface area contributed by atoms with Gasteiger partial charge in [0.05, 0.1) is 0 Å². The molecule has 0 heteroatoms. The van der Waals surface area contributed by atoms with E-state index in [2.05, 4.69) is 6.42 Å². The zero-order valence-electron chi connectivity index (χ0n) is 7.49. The molecule has 0 unspecified atom stereocenters. The molecule has 0 atom stereocenters. The van der Waals surface area contributed by atoms with Crippen LogP contribution in [0.5, 0.6) is 0 Å². The van der Waals surface area contributed by atoms with Gasteiger partial charge in [-0.25, -0.2) is 0 Å². The maximum absolute atomic E-state index is 6.21. The lowest BCUT2D eigenvalue weighted by atomic mass is 11.0. The third kappa shape index (κ3) is 597. The van der Waals surface area contributed by atoms with E-state index in [-0.39, 0.29) is 29.7 Å². The first-order chi connectivity index (χ1) is 4.24. The predicted molar refractivity (Wildman–Crippen MR) is 48.2 cm³/mol. The van der Waals surface area contributed by atoms with Gasteiger partial charge in [-0.1, -0.05) is 43.5 Å². The van der Waals surface area contributed by atoms with E-state index in [0.29, 0.717) is 6.90 Å². The Kier molecular flexibility index (Phi) is 1380. The molecule has 0 heterocycles. The smallest absolute Gasteiger partial charge is 0.124 e. The highest BCUT2D eigenvalue weighted by molar-refractivity contribution is 4.47. The number of terminal acetylenes is 1. The van der Waals surface area contributed by atoms with Crippen LogP contribution in [0.15, 0.2) is 0 Å². The lowest BCUT2D eigenvalue weighted by Crippen LogP contribution is -0.856. The van der Waals surface area contributed by atoms with Gasteiger partial charge in [-0.3, -0.25) is 0 Å². The van der Waals surface area contributed by atoms with E-state index in [9.17, 15) is 0 Å². The van der Waals surface area contributed by atoms with Crippen molar-refractivity contribution in [3.05, 3.63) is 0 Å². The molecule has 0 nitrogen and oxygen atoms in total. The van der Waals surface area contributed by atoms with Crippen molar-refractivity contribution in [2.75, 3.05) is 0 Å². The van der Waals surface area contributed by atoms with E-state index in [0.717, 1.165) is 0 Å². The molecule has 56 valence electrons. The van der Waals surface area contributed by atoms with Crippen LogP contribution < -0.4 is 0 Å². The summed E-state index contributed by atoms with van der Waals surface area (Å²) in [5.41, 5.74) is 0. The Morgan fingerprint density at radius 2 is 1.50 bits per heavy atom. The van der Waals surface area contributed by atoms with Crippen LogP contribution in [0, 0.1) is 12.8 Å². The van der Waals surface area contributed by atoms with Crippen molar-refractivity contribution in [1.82, 2.24) is 0 Å². The van der Waals surface area contributed by atoms with Crippen molar-refractivity contribution in [3.63, 3.8) is 0 Å². The molecule has 0 N–H and O–H groups in total. The number of rotatable bonds is 0. The number of hydrogen-bond donors (Lipinski definition) is 0. The summed E-state index contributed by atoms with van der Waals surface area (Å²) in [6.45, 7) is 2.29. The third-order valence-corrected chi connectivity index (χ3v) is 0. The van der Waals surface area contributed by atoms with E-state index < -0.39 is 0 Å². The van der Waals surface area contributed by atoms with Gasteiger partial charge in [-0.15, -0.1) is 12.8 Å². The Bertz CT molecular complexity index is 47.5. The Morgan fingerprint density at radius 1 is 1.50 bits per heavy atom. The molecule has 0 radical (unpaired) electrons. The summed E-state index contributed by atoms with van der Waals surface area (Å²) in [4.78, 5) is 0. The fourth-order valence-corrected chi connectivity index (χ4v) is 0. The van der Waals surface area contributed by atoms with E-state index in [1.165, 1.54) is 6.40 Å². The quantitative estimate of drug-likeness (QED) is 0.435. The van der Waals surface area contributed by atoms with E-state index in [1.807, 2.05) is 0 Å². The van der Waals surface area contributed by atoms with Crippen LogP contribution in [0.1, 0.15) is 49.0 Å². The average molecular weight is 128 g/mol. The zero-order valence-corrected chi connectivity index (χ0v) is 3.49. The summed E-state index contributed by atoms with van der Waals surface area (Å²) in [7, 11) is -0.250. The lowest BCUT2D eigenvalue weighted by Gasteiger charge is -1.07. The average Bonchev–Trinajstić information content (AvgIpc) is 1.70. The second-order valence-electron chi connectivity index (χ2n) is 0. The van der Waals surface area contributed by atoms with Crippen LogP contribution in [-0.4, -0.2) is 0 Å². The molecular formula is C8H24. The van der Waals surface area contributed by atoms with Crippen LogP contribution in [0.3, 0.4) is 0 Å². The highest BCUT2D eigenvalue weighted by atomic mass is 13.0. The molecule has 0 aliphatic heterocycles. The van der Waals surface area contributed by atoms with Crippen LogP contribution in [0.2, 0.25) is 0 Å². The first-order valence-corrected chi connectivity index (χ1v) is 0.996. The SMILES string of the molecule is C.C.C.[3H]C#C.[3H]CC.[3H]C[3H]. The monoisotopic (exact) mass is 128 g/mol. The molecule has 0 amide bonds. The summed E-state index contributed by atoms with van der Waals surface area (Å²) in [6.07, 6.45) is 5.76. The van der Waals surface area contributed by atoms with E-state index in [4.69, 9.17) is 5.48 Å². The molecule has 8 heavy (non-hydrogen) atoms. The summed E-state index contributed by atoms with van der Waals surface area (Å²) < 4.78 is 23.7. The summed E-state index contributed by atoms with van der Waals surface area (Å²) >= 11 is 0. The first-order valence-electron chi connectivity index (χ1n) is 3.62. The van der Waals surface area contributed by atoms with Crippen LogP contribution in [0.4, 0.5) is 0 Å². The van der Waals surface area contributed by atoms with Crippen molar-refractivity contribution in [2.45, 2.75) is 43.5 Å². The molecule has 0 aromatic carbocycles. The molecule has 0 aromatic rings. The van der Waals surface area contributed by atoms with Crippen molar-refractivity contribution in [1.29, 1.82) is 0 Å². The summed E-state index contributed by atoms with van der Waals surface area (Å²) in [6, 6.07) is 0. The van der Waals surface area contributed by atoms with Gasteiger partial charge in [0.2, 0.25) is 0 Å². The van der Waals surface area contributed by atoms with Gasteiger partial charge < -0.3 is 0 Å². The van der Waals surface area contributed by atoms with Gasteiger partial charge in [0.1, 0.15) is 1.37 Å². The van der Waals surface area contributed by atoms with Crippen LogP contribution >= 0.6 is 0 Å². The van der Waals surface area contributed by atoms with Crippen molar-refractivity contribution in [3.8, 4) is 12.8 Å². The van der Waals surface area contributed by atoms with Crippen molar-refractivity contribution < 1.29 is 5.48 Å². The van der Waals surface area contributed by atoms with Gasteiger partial charge in [-0.2, -0.15) is 0 Å².